The van der Waals surface area contributed by atoms with Crippen molar-refractivity contribution in [3.63, 3.8) is 0 Å². The summed E-state index contributed by atoms with van der Waals surface area (Å²) in [6.07, 6.45) is 19.3. The van der Waals surface area contributed by atoms with Gasteiger partial charge in [0, 0.05) is 12.1 Å². The highest BCUT2D eigenvalue weighted by atomic mass is 16.6. The maximum atomic E-state index is 5.50. The number of ether oxygens (including phenoxy) is 1. The van der Waals surface area contributed by atoms with Gasteiger partial charge in [0.15, 0.2) is 5.96 Å². The quantitative estimate of drug-likeness (QED) is 0.456. The van der Waals surface area contributed by atoms with E-state index in [0.717, 1.165) is 18.5 Å². The minimum atomic E-state index is 0.511. The van der Waals surface area contributed by atoms with Gasteiger partial charge in [0.25, 0.3) is 0 Å². The summed E-state index contributed by atoms with van der Waals surface area (Å²) in [6.45, 7) is 1.01. The Balaban J connectivity index is 1.34. The Morgan fingerprint density at radius 3 is 1.68 bits per heavy atom. The molecule has 142 valence electrons. The van der Waals surface area contributed by atoms with Crippen LogP contribution in [0.5, 0.6) is 0 Å². The molecule has 0 spiro atoms. The molecule has 4 aliphatic rings. The number of hydrogen-bond acceptors (Lipinski definition) is 2. The van der Waals surface area contributed by atoms with Gasteiger partial charge in [0.05, 0.1) is 18.8 Å². The van der Waals surface area contributed by atoms with E-state index in [-0.39, 0.29) is 0 Å². The van der Waals surface area contributed by atoms with Gasteiger partial charge in [-0.25, -0.2) is 4.99 Å². The van der Waals surface area contributed by atoms with Crippen LogP contribution in [0.15, 0.2) is 4.99 Å². The average molecular weight is 348 g/mol. The van der Waals surface area contributed by atoms with Crippen LogP contribution in [0.1, 0.15) is 89.9 Å². The van der Waals surface area contributed by atoms with Crippen LogP contribution in [-0.2, 0) is 4.74 Å². The van der Waals surface area contributed by atoms with Crippen molar-refractivity contribution in [1.82, 2.24) is 10.6 Å². The maximum Gasteiger partial charge on any atom is 0.191 e. The summed E-state index contributed by atoms with van der Waals surface area (Å²) in [6, 6.07) is 1.79. The van der Waals surface area contributed by atoms with Crippen LogP contribution in [0.25, 0.3) is 0 Å². The predicted molar refractivity (Wildman–Crippen MR) is 103 cm³/mol. The molecule has 1 aliphatic heterocycles. The van der Waals surface area contributed by atoms with Crippen molar-refractivity contribution in [1.29, 1.82) is 0 Å². The van der Waals surface area contributed by atoms with Crippen molar-refractivity contribution >= 4 is 5.96 Å². The molecule has 4 fully saturated rings. The molecular formula is C21H37N3O. The molecule has 3 saturated carbocycles. The number of rotatable bonds is 4. The third kappa shape index (κ3) is 5.35. The van der Waals surface area contributed by atoms with Gasteiger partial charge in [-0.3, -0.25) is 0 Å². The normalized spacial score (nSPS) is 34.3. The highest BCUT2D eigenvalue weighted by molar-refractivity contribution is 5.80. The van der Waals surface area contributed by atoms with E-state index in [2.05, 4.69) is 10.6 Å². The van der Waals surface area contributed by atoms with Crippen LogP contribution >= 0.6 is 0 Å². The first-order valence-corrected chi connectivity index (χ1v) is 11.1. The van der Waals surface area contributed by atoms with Gasteiger partial charge in [0.2, 0.25) is 0 Å². The summed E-state index contributed by atoms with van der Waals surface area (Å²) < 4.78 is 5.50. The van der Waals surface area contributed by atoms with Crippen molar-refractivity contribution in [2.45, 2.75) is 114 Å². The Bertz CT molecular complexity index is 406. The van der Waals surface area contributed by atoms with Crippen molar-refractivity contribution in [2.75, 3.05) is 6.61 Å². The van der Waals surface area contributed by atoms with E-state index >= 15 is 0 Å². The van der Waals surface area contributed by atoms with Gasteiger partial charge in [-0.15, -0.1) is 0 Å². The molecule has 3 aliphatic carbocycles. The van der Waals surface area contributed by atoms with Crippen LogP contribution < -0.4 is 10.6 Å². The SMILES string of the molecule is C1CCC(NC(=NC2CCC(C3CO3)CC2)NC2CCCCC2)CC1. The fourth-order valence-corrected chi connectivity index (χ4v) is 5.11. The van der Waals surface area contributed by atoms with Gasteiger partial charge in [0.1, 0.15) is 0 Å². The number of nitrogens with one attached hydrogen (secondary N) is 2. The summed E-state index contributed by atoms with van der Waals surface area (Å²) in [5, 5.41) is 7.62. The molecule has 25 heavy (non-hydrogen) atoms. The van der Waals surface area contributed by atoms with E-state index < -0.39 is 0 Å². The second-order valence-corrected chi connectivity index (χ2v) is 8.88. The van der Waals surface area contributed by atoms with E-state index in [0.29, 0.717) is 24.2 Å². The van der Waals surface area contributed by atoms with E-state index in [1.807, 2.05) is 0 Å². The fourth-order valence-electron chi connectivity index (χ4n) is 5.11. The lowest BCUT2D eigenvalue weighted by molar-refractivity contribution is 0.252. The third-order valence-electron chi connectivity index (χ3n) is 6.83. The minimum absolute atomic E-state index is 0.511. The molecule has 1 saturated heterocycles. The monoisotopic (exact) mass is 347 g/mol. The van der Waals surface area contributed by atoms with Crippen molar-refractivity contribution in [3.8, 4) is 0 Å². The van der Waals surface area contributed by atoms with Crippen LogP contribution in [0.2, 0.25) is 0 Å². The number of hydrogen-bond donors (Lipinski definition) is 2. The molecule has 0 aromatic rings. The predicted octanol–water partition coefficient (Wildman–Crippen LogP) is 4.14. The van der Waals surface area contributed by atoms with Crippen molar-refractivity contribution in [3.05, 3.63) is 0 Å². The highest BCUT2D eigenvalue weighted by Gasteiger charge is 2.35. The van der Waals surface area contributed by atoms with Gasteiger partial charge in [-0.05, 0) is 57.3 Å². The zero-order chi connectivity index (χ0) is 16.9. The molecule has 1 atom stereocenters. The van der Waals surface area contributed by atoms with Gasteiger partial charge >= 0.3 is 0 Å². The lowest BCUT2D eigenvalue weighted by Crippen LogP contribution is -2.49. The molecule has 4 heteroatoms. The largest absolute Gasteiger partial charge is 0.373 e. The summed E-state index contributed by atoms with van der Waals surface area (Å²) in [7, 11) is 0. The molecule has 0 aromatic heterocycles. The van der Waals surface area contributed by atoms with Crippen LogP contribution in [-0.4, -0.2) is 36.8 Å². The van der Waals surface area contributed by atoms with Crippen molar-refractivity contribution in [2.24, 2.45) is 10.9 Å². The summed E-state index contributed by atoms with van der Waals surface area (Å²) in [5.74, 6) is 1.94. The molecule has 1 unspecified atom stereocenters. The first-order chi connectivity index (χ1) is 12.4. The molecule has 0 aromatic carbocycles. The Labute approximate surface area is 153 Å². The zero-order valence-electron chi connectivity index (χ0n) is 15.8. The number of epoxide rings is 1. The minimum Gasteiger partial charge on any atom is -0.373 e. The number of guanidine groups is 1. The Kier molecular flexibility index (Phi) is 6.17. The van der Waals surface area contributed by atoms with E-state index in [4.69, 9.17) is 9.73 Å². The van der Waals surface area contributed by atoms with Crippen LogP contribution in [0.4, 0.5) is 0 Å². The molecule has 2 N–H and O–H groups in total. The second-order valence-electron chi connectivity index (χ2n) is 8.88. The Morgan fingerprint density at radius 1 is 0.680 bits per heavy atom. The topological polar surface area (TPSA) is 49.0 Å². The standard InChI is InChI=1S/C21H37N3O/c1-3-7-17(8-4-1)22-21(23-18-9-5-2-6-10-18)24-19-13-11-16(12-14-19)20-15-25-20/h16-20H,1-15H2,(H2,22,23,24). The molecule has 0 amide bonds. The Hall–Kier alpha value is -0.770. The highest BCUT2D eigenvalue weighted by Crippen LogP contribution is 2.34. The maximum absolute atomic E-state index is 5.50. The van der Waals surface area contributed by atoms with E-state index in [1.165, 1.54) is 89.9 Å². The first-order valence-electron chi connectivity index (χ1n) is 11.1. The molecule has 0 radical (unpaired) electrons. The molecular weight excluding hydrogens is 310 g/mol. The van der Waals surface area contributed by atoms with Gasteiger partial charge in [-0.2, -0.15) is 0 Å². The van der Waals surface area contributed by atoms with E-state index in [1.54, 1.807) is 0 Å². The first kappa shape index (κ1) is 17.6. The summed E-state index contributed by atoms with van der Waals surface area (Å²) >= 11 is 0. The summed E-state index contributed by atoms with van der Waals surface area (Å²) in [4.78, 5) is 5.19. The van der Waals surface area contributed by atoms with E-state index in [9.17, 15) is 0 Å². The molecule has 0 bridgehead atoms. The molecule has 4 rings (SSSR count). The lowest BCUT2D eigenvalue weighted by Gasteiger charge is -2.31. The third-order valence-corrected chi connectivity index (χ3v) is 6.83. The van der Waals surface area contributed by atoms with Gasteiger partial charge < -0.3 is 15.4 Å². The zero-order valence-corrected chi connectivity index (χ0v) is 15.8. The fraction of sp³-hybridized carbons (Fsp3) is 0.952. The number of nitrogens with zero attached hydrogens (tertiary/aromatic N) is 1. The molecule has 4 nitrogen and oxygen atoms in total. The number of aliphatic imine (C=N–C) groups is 1. The smallest absolute Gasteiger partial charge is 0.191 e. The van der Waals surface area contributed by atoms with Crippen molar-refractivity contribution < 1.29 is 4.74 Å². The van der Waals surface area contributed by atoms with Gasteiger partial charge in [-0.1, -0.05) is 38.5 Å². The van der Waals surface area contributed by atoms with Crippen LogP contribution in [0.3, 0.4) is 0 Å². The molecule has 1 heterocycles. The average Bonchev–Trinajstić information content (AvgIpc) is 3.49. The second kappa shape index (κ2) is 8.75. The lowest BCUT2D eigenvalue weighted by atomic mass is 9.84. The van der Waals surface area contributed by atoms with Crippen LogP contribution in [0, 0.1) is 5.92 Å². The summed E-state index contributed by atoms with van der Waals surface area (Å²) in [5.41, 5.74) is 0. The Morgan fingerprint density at radius 2 is 1.20 bits per heavy atom.